The standard InChI is InChI=1S/C18H32O2.C16H28O2.C14H24O2.C13H22O3.C13H22O2.2C12H20O2.C11H18O2/c1-4-18(20-17(19)16(2)3)14-12-10-8-6-5-7-9-11-13-15-18;1-4-16(18-15(17)14(2)3)12-10-8-6-5-7-9-11-13-16;1-4-14(16-13(15)12(2)3)10-8-6-5-7-9-11-14;1-5-13(16-12(14)10(2)3)9-7-6-8-11(13)15-4;1-4-13(15-12(14)11(2)3)9-7-5-6-8-10-13;2*1-4-12(8-6-5-7-9-12)14-11(13)10(2)3;1-4-11(7-5-6-8-11)13-10(12)9(2)3/h2,4-15H2,1,3H3;2,4-13H2,1,3H3;2,4-11H2,1,3H3;11H,2,5-9H2,1,3-4H3;2,4-10H2,1,3H3;2*2,4-9H2,1,3H3;2,4-8H2,1,3H3. The van der Waals surface area contributed by atoms with Crippen LogP contribution in [0.3, 0.4) is 0 Å². The average molecular weight is 1770 g/mol. The Kier molecular flexibility index (Phi) is 59.4. The van der Waals surface area contributed by atoms with Crippen molar-refractivity contribution in [1.29, 1.82) is 0 Å². The molecule has 724 valence electrons. The van der Waals surface area contributed by atoms with Gasteiger partial charge in [0, 0.05) is 51.7 Å². The molecular weight excluding hydrogens is 1580 g/mol. The minimum absolute atomic E-state index is 0.0227. The van der Waals surface area contributed by atoms with Crippen LogP contribution in [0.25, 0.3) is 0 Å². The normalized spacial score (nSPS) is 21.7. The van der Waals surface area contributed by atoms with Gasteiger partial charge in [-0.05, 0) is 306 Å². The highest BCUT2D eigenvalue weighted by Crippen LogP contribution is 2.42. The first-order valence-electron chi connectivity index (χ1n) is 50.4. The van der Waals surface area contributed by atoms with Crippen molar-refractivity contribution in [2.24, 2.45) is 0 Å². The maximum atomic E-state index is 11.9. The molecule has 0 N–H and O–H groups in total. The number of carbonyl (C=O) groups is 8. The summed E-state index contributed by atoms with van der Waals surface area (Å²) in [5.74, 6) is -1.86. The molecule has 0 aromatic rings. The molecule has 2 unspecified atom stereocenters. The minimum atomic E-state index is -0.441. The number of hydrogen-bond donors (Lipinski definition) is 0. The number of ether oxygens (including phenoxy) is 9. The number of methoxy groups -OCH3 is 1. The van der Waals surface area contributed by atoms with Gasteiger partial charge in [0.1, 0.15) is 44.8 Å². The van der Waals surface area contributed by atoms with Gasteiger partial charge in [-0.15, -0.1) is 0 Å². The molecule has 0 aliphatic heterocycles. The Balaban J connectivity index is 0.000000722. The Morgan fingerprint density at radius 3 is 0.460 bits per heavy atom. The van der Waals surface area contributed by atoms with Gasteiger partial charge < -0.3 is 42.6 Å². The van der Waals surface area contributed by atoms with E-state index in [4.69, 9.17) is 42.6 Å². The van der Waals surface area contributed by atoms with E-state index >= 15 is 0 Å². The largest absolute Gasteiger partial charge is 0.456 e. The fourth-order valence-corrected chi connectivity index (χ4v) is 18.6. The zero-order chi connectivity index (χ0) is 94.9. The van der Waals surface area contributed by atoms with Gasteiger partial charge in [0.25, 0.3) is 0 Å². The van der Waals surface area contributed by atoms with Crippen LogP contribution in [0.2, 0.25) is 0 Å². The molecule has 0 amide bonds. The number of esters is 8. The van der Waals surface area contributed by atoms with E-state index in [2.05, 4.69) is 101 Å². The van der Waals surface area contributed by atoms with Crippen molar-refractivity contribution in [1.82, 2.24) is 0 Å². The molecule has 0 aromatic heterocycles. The van der Waals surface area contributed by atoms with Gasteiger partial charge >= 0.3 is 47.8 Å². The molecule has 17 nitrogen and oxygen atoms in total. The summed E-state index contributed by atoms with van der Waals surface area (Å²) in [7, 11) is 1.69. The maximum Gasteiger partial charge on any atom is 0.333 e. The van der Waals surface area contributed by atoms with Crippen molar-refractivity contribution in [3.8, 4) is 0 Å². The zero-order valence-corrected chi connectivity index (χ0v) is 83.9. The van der Waals surface area contributed by atoms with Crippen LogP contribution in [-0.4, -0.2) is 106 Å². The first-order chi connectivity index (χ1) is 59.7. The first-order valence-corrected chi connectivity index (χ1v) is 50.4. The number of hydrogen-bond acceptors (Lipinski definition) is 17. The highest BCUT2D eigenvalue weighted by molar-refractivity contribution is 5.90. The third kappa shape index (κ3) is 45.5. The van der Waals surface area contributed by atoms with Crippen molar-refractivity contribution >= 4 is 47.8 Å². The molecule has 0 saturated heterocycles. The van der Waals surface area contributed by atoms with Gasteiger partial charge in [-0.2, -0.15) is 0 Å². The van der Waals surface area contributed by atoms with Crippen molar-refractivity contribution in [3.63, 3.8) is 0 Å². The molecule has 8 rings (SSSR count). The third-order valence-corrected chi connectivity index (χ3v) is 27.9. The molecule has 0 spiro atoms. The van der Waals surface area contributed by atoms with Crippen LogP contribution in [0.15, 0.2) is 97.2 Å². The third-order valence-electron chi connectivity index (χ3n) is 27.9. The first kappa shape index (κ1) is 118. The van der Waals surface area contributed by atoms with Crippen molar-refractivity contribution in [2.45, 2.75) is 541 Å². The summed E-state index contributed by atoms with van der Waals surface area (Å²) in [4.78, 5) is 92.9. The van der Waals surface area contributed by atoms with Gasteiger partial charge in [-0.3, -0.25) is 0 Å². The Morgan fingerprint density at radius 2 is 0.325 bits per heavy atom. The molecule has 0 radical (unpaired) electrons. The quantitative estimate of drug-likeness (QED) is 0.0359. The van der Waals surface area contributed by atoms with E-state index < -0.39 is 5.60 Å². The van der Waals surface area contributed by atoms with Crippen LogP contribution < -0.4 is 0 Å². The molecule has 126 heavy (non-hydrogen) atoms. The van der Waals surface area contributed by atoms with Crippen LogP contribution in [0.4, 0.5) is 0 Å². The van der Waals surface area contributed by atoms with Crippen LogP contribution in [0.5, 0.6) is 0 Å². The Morgan fingerprint density at radius 1 is 0.198 bits per heavy atom. The predicted octanol–water partition coefficient (Wildman–Crippen LogP) is 30.1. The monoisotopic (exact) mass is 1770 g/mol. The van der Waals surface area contributed by atoms with E-state index in [0.717, 1.165) is 167 Å². The van der Waals surface area contributed by atoms with Gasteiger partial charge in [0.2, 0.25) is 0 Å². The Labute approximate surface area is 769 Å². The summed E-state index contributed by atoms with van der Waals surface area (Å²) < 4.78 is 50.6. The summed E-state index contributed by atoms with van der Waals surface area (Å²) in [6, 6.07) is 0. The second-order valence-electron chi connectivity index (χ2n) is 38.7. The van der Waals surface area contributed by atoms with Gasteiger partial charge in [0.15, 0.2) is 0 Å². The molecule has 0 heterocycles. The predicted molar refractivity (Wildman–Crippen MR) is 518 cm³/mol. The van der Waals surface area contributed by atoms with Crippen LogP contribution in [0, 0.1) is 0 Å². The summed E-state index contributed by atoms with van der Waals surface area (Å²) in [6.07, 6.45) is 66.9. The van der Waals surface area contributed by atoms with Crippen LogP contribution >= 0.6 is 0 Å². The molecule has 17 heteroatoms. The lowest BCUT2D eigenvalue weighted by Crippen LogP contribution is -2.49. The summed E-state index contributed by atoms with van der Waals surface area (Å²) >= 11 is 0. The van der Waals surface area contributed by atoms with Crippen molar-refractivity contribution < 1.29 is 81.0 Å². The molecule has 8 fully saturated rings. The summed E-state index contributed by atoms with van der Waals surface area (Å²) in [5, 5.41) is 0. The van der Waals surface area contributed by atoms with E-state index in [1.54, 1.807) is 62.5 Å². The molecule has 2 atom stereocenters. The SMILES string of the molecule is C=C(C)C(=O)OC1(CC)CCCC1.C=C(C)C(=O)OC1(CC)CCCCC1.C=C(C)C(=O)OC1(CC)CCCCC1.C=C(C)C(=O)OC1(CC)CCCCC1OC.C=C(C)C(=O)OC1(CC)CCCCCC1.C=C(C)C(=O)OC1(CC)CCCCCCC1.C=C(C)C(=O)OC1(CC)CCCCCCCCC1.C=C(C)C(=O)OC1(CC)CCCCCCCCCCC1. The zero-order valence-electron chi connectivity index (χ0n) is 83.9. The van der Waals surface area contributed by atoms with E-state index in [9.17, 15) is 38.4 Å². The molecule has 8 aliphatic carbocycles. The molecule has 8 saturated carbocycles. The van der Waals surface area contributed by atoms with Crippen molar-refractivity contribution in [2.75, 3.05) is 7.11 Å². The second kappa shape index (κ2) is 63.6. The van der Waals surface area contributed by atoms with E-state index in [0.29, 0.717) is 44.6 Å². The van der Waals surface area contributed by atoms with Crippen LogP contribution in [-0.2, 0) is 81.0 Å². The molecule has 0 bridgehead atoms. The Bertz CT molecular complexity index is 3220. The Hall–Kier alpha value is -6.36. The average Bonchev–Trinajstić information content (AvgIpc) is 0.928. The van der Waals surface area contributed by atoms with E-state index in [1.807, 2.05) is 6.92 Å². The maximum absolute atomic E-state index is 11.9. The topological polar surface area (TPSA) is 220 Å². The number of carbonyl (C=O) groups excluding carboxylic acids is 8. The summed E-state index contributed by atoms with van der Waals surface area (Å²) in [6.45, 7) is 59.6. The van der Waals surface area contributed by atoms with Crippen molar-refractivity contribution in [3.05, 3.63) is 97.2 Å². The van der Waals surface area contributed by atoms with Gasteiger partial charge in [-0.1, -0.05) is 236 Å². The highest BCUT2D eigenvalue weighted by Gasteiger charge is 2.45. The molecular formula is C109H186O17. The smallest absolute Gasteiger partial charge is 0.333 e. The highest BCUT2D eigenvalue weighted by atomic mass is 16.6. The fourth-order valence-electron chi connectivity index (χ4n) is 18.6. The molecule has 0 aromatic carbocycles. The van der Waals surface area contributed by atoms with E-state index in [1.165, 1.54) is 212 Å². The summed E-state index contributed by atoms with van der Waals surface area (Å²) in [5.41, 5.74) is 2.14. The lowest BCUT2D eigenvalue weighted by molar-refractivity contribution is -0.180. The lowest BCUT2D eigenvalue weighted by Gasteiger charge is -2.42. The van der Waals surface area contributed by atoms with E-state index in [-0.39, 0.29) is 93.1 Å². The fraction of sp³-hybridized carbons (Fsp3) is 0.780. The molecule has 8 aliphatic rings. The van der Waals surface area contributed by atoms with Gasteiger partial charge in [-0.25, -0.2) is 38.4 Å². The van der Waals surface area contributed by atoms with Crippen LogP contribution in [0.1, 0.15) is 490 Å². The minimum Gasteiger partial charge on any atom is -0.456 e. The lowest BCUT2D eigenvalue weighted by atomic mass is 9.80. The van der Waals surface area contributed by atoms with Gasteiger partial charge in [0.05, 0.1) is 6.10 Å². The number of rotatable bonds is 25. The second-order valence-corrected chi connectivity index (χ2v) is 38.7.